The highest BCUT2D eigenvalue weighted by Gasteiger charge is 2.26. The van der Waals surface area contributed by atoms with E-state index < -0.39 is 11.6 Å². The molecule has 1 saturated carbocycles. The standard InChI is InChI=1S/C14H15F2N3/c1-9-8-19(12-3-4-12)14(18-9)17-7-10-6-11(15)2-5-13(10)16/h2,5-6,8,12H,3-4,7H2,1H3,(H,17,18). The number of benzene rings is 1. The third kappa shape index (κ3) is 2.59. The van der Waals surface area contributed by atoms with Crippen LogP contribution >= 0.6 is 0 Å². The zero-order valence-electron chi connectivity index (χ0n) is 10.7. The second kappa shape index (κ2) is 4.64. The van der Waals surface area contributed by atoms with Gasteiger partial charge in [-0.1, -0.05) is 0 Å². The molecule has 0 unspecified atom stereocenters. The van der Waals surface area contributed by atoms with Gasteiger partial charge in [-0.05, 0) is 38.0 Å². The molecule has 1 heterocycles. The molecular weight excluding hydrogens is 248 g/mol. The molecule has 1 fully saturated rings. The number of imidazole rings is 1. The fourth-order valence-corrected chi connectivity index (χ4v) is 2.13. The molecule has 3 rings (SSSR count). The molecule has 2 aromatic rings. The van der Waals surface area contributed by atoms with E-state index in [1.807, 2.05) is 13.1 Å². The summed E-state index contributed by atoms with van der Waals surface area (Å²) in [5, 5.41) is 3.08. The van der Waals surface area contributed by atoms with E-state index in [4.69, 9.17) is 0 Å². The molecule has 0 aliphatic heterocycles. The molecule has 0 radical (unpaired) electrons. The average Bonchev–Trinajstić information content (AvgIpc) is 3.15. The molecule has 3 nitrogen and oxygen atoms in total. The number of hydrogen-bond donors (Lipinski definition) is 1. The van der Waals surface area contributed by atoms with Crippen molar-refractivity contribution in [3.63, 3.8) is 0 Å². The topological polar surface area (TPSA) is 29.9 Å². The number of anilines is 1. The third-order valence-corrected chi connectivity index (χ3v) is 3.24. The number of nitrogens with one attached hydrogen (secondary N) is 1. The van der Waals surface area contributed by atoms with Gasteiger partial charge in [0.1, 0.15) is 11.6 Å². The van der Waals surface area contributed by atoms with E-state index in [1.54, 1.807) is 0 Å². The van der Waals surface area contributed by atoms with Gasteiger partial charge in [0.2, 0.25) is 5.95 Å². The fourth-order valence-electron chi connectivity index (χ4n) is 2.13. The number of aryl methyl sites for hydroxylation is 1. The van der Waals surface area contributed by atoms with Crippen molar-refractivity contribution in [1.82, 2.24) is 9.55 Å². The van der Waals surface area contributed by atoms with Gasteiger partial charge in [0.05, 0.1) is 5.69 Å². The molecule has 1 aliphatic carbocycles. The van der Waals surface area contributed by atoms with Crippen LogP contribution in [0.5, 0.6) is 0 Å². The largest absolute Gasteiger partial charge is 0.351 e. The molecule has 1 aliphatic rings. The first-order valence-corrected chi connectivity index (χ1v) is 6.37. The Morgan fingerprint density at radius 3 is 2.89 bits per heavy atom. The Kier molecular flexibility index (Phi) is 2.97. The van der Waals surface area contributed by atoms with Gasteiger partial charge >= 0.3 is 0 Å². The molecule has 1 N–H and O–H groups in total. The average molecular weight is 263 g/mol. The lowest BCUT2D eigenvalue weighted by atomic mass is 10.2. The van der Waals surface area contributed by atoms with Crippen LogP contribution in [0.15, 0.2) is 24.4 Å². The van der Waals surface area contributed by atoms with Crippen molar-refractivity contribution in [2.45, 2.75) is 32.4 Å². The number of aromatic nitrogens is 2. The first-order valence-electron chi connectivity index (χ1n) is 6.37. The van der Waals surface area contributed by atoms with Gasteiger partial charge in [-0.25, -0.2) is 13.8 Å². The third-order valence-electron chi connectivity index (χ3n) is 3.24. The number of nitrogens with zero attached hydrogens (tertiary/aromatic N) is 2. The quantitative estimate of drug-likeness (QED) is 0.916. The number of rotatable bonds is 4. The zero-order chi connectivity index (χ0) is 13.4. The lowest BCUT2D eigenvalue weighted by Crippen LogP contribution is -2.07. The van der Waals surface area contributed by atoms with Crippen LogP contribution in [-0.4, -0.2) is 9.55 Å². The SMILES string of the molecule is Cc1cn(C2CC2)c(NCc2cc(F)ccc2F)n1. The Morgan fingerprint density at radius 1 is 1.37 bits per heavy atom. The Balaban J connectivity index is 1.77. The van der Waals surface area contributed by atoms with Crippen molar-refractivity contribution in [3.8, 4) is 0 Å². The van der Waals surface area contributed by atoms with Crippen LogP contribution in [0, 0.1) is 18.6 Å². The molecule has 0 atom stereocenters. The van der Waals surface area contributed by atoms with Crippen molar-refractivity contribution in [2.24, 2.45) is 0 Å². The van der Waals surface area contributed by atoms with E-state index >= 15 is 0 Å². The van der Waals surface area contributed by atoms with Gasteiger partial charge in [0.15, 0.2) is 0 Å². The van der Waals surface area contributed by atoms with Crippen LogP contribution in [-0.2, 0) is 6.54 Å². The second-order valence-electron chi connectivity index (χ2n) is 4.93. The molecule has 5 heteroatoms. The maximum Gasteiger partial charge on any atom is 0.203 e. The Hall–Kier alpha value is -1.91. The maximum atomic E-state index is 13.5. The summed E-state index contributed by atoms with van der Waals surface area (Å²) in [7, 11) is 0. The molecule has 1 aromatic carbocycles. The molecule has 0 bridgehead atoms. The predicted molar refractivity (Wildman–Crippen MR) is 68.9 cm³/mol. The van der Waals surface area contributed by atoms with Gasteiger partial charge in [-0.15, -0.1) is 0 Å². The molecule has 19 heavy (non-hydrogen) atoms. The molecule has 100 valence electrons. The summed E-state index contributed by atoms with van der Waals surface area (Å²) >= 11 is 0. The van der Waals surface area contributed by atoms with Crippen LogP contribution in [0.25, 0.3) is 0 Å². The van der Waals surface area contributed by atoms with E-state index in [-0.39, 0.29) is 6.54 Å². The van der Waals surface area contributed by atoms with Crippen molar-refractivity contribution in [3.05, 3.63) is 47.3 Å². The summed E-state index contributed by atoms with van der Waals surface area (Å²) in [6.07, 6.45) is 4.29. The number of hydrogen-bond acceptors (Lipinski definition) is 2. The molecule has 0 saturated heterocycles. The Labute approximate surface area is 110 Å². The van der Waals surface area contributed by atoms with Crippen LogP contribution in [0.3, 0.4) is 0 Å². The predicted octanol–water partition coefficient (Wildman–Crippen LogP) is 3.42. The van der Waals surface area contributed by atoms with E-state index in [1.165, 1.54) is 6.07 Å². The second-order valence-corrected chi connectivity index (χ2v) is 4.93. The highest BCUT2D eigenvalue weighted by Crippen LogP contribution is 2.37. The lowest BCUT2D eigenvalue weighted by Gasteiger charge is -2.09. The first kappa shape index (κ1) is 12.1. The van der Waals surface area contributed by atoms with Gasteiger partial charge in [0.25, 0.3) is 0 Å². The van der Waals surface area contributed by atoms with E-state index in [0.717, 1.165) is 36.6 Å². The number of halogens is 2. The monoisotopic (exact) mass is 263 g/mol. The van der Waals surface area contributed by atoms with Gasteiger partial charge in [-0.2, -0.15) is 0 Å². The summed E-state index contributed by atoms with van der Waals surface area (Å²) in [4.78, 5) is 4.37. The van der Waals surface area contributed by atoms with Crippen LogP contribution in [0.4, 0.5) is 14.7 Å². The van der Waals surface area contributed by atoms with Crippen molar-refractivity contribution in [2.75, 3.05) is 5.32 Å². The zero-order valence-corrected chi connectivity index (χ0v) is 10.7. The summed E-state index contributed by atoms with van der Waals surface area (Å²) < 4.78 is 28.7. The maximum absolute atomic E-state index is 13.5. The molecular formula is C14H15F2N3. The first-order chi connectivity index (χ1) is 9.13. The highest BCUT2D eigenvalue weighted by atomic mass is 19.1. The molecule has 0 spiro atoms. The summed E-state index contributed by atoms with van der Waals surface area (Å²) in [5.41, 5.74) is 1.23. The normalized spacial score (nSPS) is 14.7. The van der Waals surface area contributed by atoms with Crippen LogP contribution in [0.1, 0.15) is 30.1 Å². The summed E-state index contributed by atoms with van der Waals surface area (Å²) in [5.74, 6) is -0.112. The minimum atomic E-state index is -0.431. The Morgan fingerprint density at radius 2 is 2.16 bits per heavy atom. The minimum absolute atomic E-state index is 0.229. The summed E-state index contributed by atoms with van der Waals surface area (Å²) in [6.45, 7) is 2.15. The minimum Gasteiger partial charge on any atom is -0.351 e. The van der Waals surface area contributed by atoms with Crippen molar-refractivity contribution >= 4 is 5.95 Å². The van der Waals surface area contributed by atoms with Crippen molar-refractivity contribution < 1.29 is 8.78 Å². The molecule has 0 amide bonds. The fraction of sp³-hybridized carbons (Fsp3) is 0.357. The van der Waals surface area contributed by atoms with Crippen LogP contribution in [0.2, 0.25) is 0 Å². The smallest absolute Gasteiger partial charge is 0.203 e. The van der Waals surface area contributed by atoms with Crippen LogP contribution < -0.4 is 5.32 Å². The molecule has 1 aromatic heterocycles. The van der Waals surface area contributed by atoms with Gasteiger partial charge < -0.3 is 9.88 Å². The van der Waals surface area contributed by atoms with Gasteiger partial charge in [0, 0.05) is 24.3 Å². The highest BCUT2D eigenvalue weighted by molar-refractivity contribution is 5.33. The van der Waals surface area contributed by atoms with E-state index in [0.29, 0.717) is 11.6 Å². The lowest BCUT2D eigenvalue weighted by molar-refractivity contribution is 0.587. The van der Waals surface area contributed by atoms with Gasteiger partial charge in [-0.3, -0.25) is 0 Å². The van der Waals surface area contributed by atoms with E-state index in [2.05, 4.69) is 14.9 Å². The summed E-state index contributed by atoms with van der Waals surface area (Å²) in [6, 6.07) is 3.97. The Bertz CT molecular complexity index is 603. The van der Waals surface area contributed by atoms with Crippen molar-refractivity contribution in [1.29, 1.82) is 0 Å². The van der Waals surface area contributed by atoms with E-state index in [9.17, 15) is 8.78 Å².